The summed E-state index contributed by atoms with van der Waals surface area (Å²) in [5.74, 6) is 0.739. The van der Waals surface area contributed by atoms with E-state index in [1.165, 1.54) is 17.3 Å². The van der Waals surface area contributed by atoms with E-state index in [9.17, 15) is 9.90 Å². The highest BCUT2D eigenvalue weighted by molar-refractivity contribution is 7.99. The van der Waals surface area contributed by atoms with Crippen molar-refractivity contribution in [3.8, 4) is 0 Å². The van der Waals surface area contributed by atoms with Gasteiger partial charge in [-0.25, -0.2) is 4.98 Å². The summed E-state index contributed by atoms with van der Waals surface area (Å²) in [5, 5.41) is 13.2. The molecule has 0 aliphatic carbocycles. The number of hydrogen-bond acceptors (Lipinski definition) is 5. The third-order valence-corrected chi connectivity index (χ3v) is 6.83. The second-order valence-electron chi connectivity index (χ2n) is 8.07. The van der Waals surface area contributed by atoms with Crippen LogP contribution >= 0.6 is 11.8 Å². The fourth-order valence-electron chi connectivity index (χ4n) is 4.13. The first-order valence-corrected chi connectivity index (χ1v) is 11.9. The van der Waals surface area contributed by atoms with E-state index < -0.39 is 0 Å². The molecule has 1 amide bonds. The van der Waals surface area contributed by atoms with Crippen molar-refractivity contribution in [1.29, 1.82) is 0 Å². The number of aryl methyl sites for hydroxylation is 1. The Morgan fingerprint density at radius 3 is 2.77 bits per heavy atom. The van der Waals surface area contributed by atoms with Crippen LogP contribution in [0.2, 0.25) is 0 Å². The van der Waals surface area contributed by atoms with Gasteiger partial charge >= 0.3 is 0 Å². The van der Waals surface area contributed by atoms with Gasteiger partial charge in [-0.05, 0) is 68.6 Å². The summed E-state index contributed by atoms with van der Waals surface area (Å²) in [6, 6.07) is 16.2. The number of nitrogens with zero attached hydrogens (tertiary/aromatic N) is 3. The number of likely N-dealkylation sites (tertiary alicyclic amines) is 1. The fraction of sp³-hybridized carbons (Fsp3) is 0.417. The van der Waals surface area contributed by atoms with Gasteiger partial charge in [0.1, 0.15) is 0 Å². The van der Waals surface area contributed by atoms with Crippen LogP contribution in [0.15, 0.2) is 53.7 Å². The number of imidazole rings is 1. The number of aliphatic hydroxyl groups excluding tert-OH is 1. The highest BCUT2D eigenvalue weighted by Crippen LogP contribution is 2.24. The molecule has 1 fully saturated rings. The standard InChI is InChI=1S/C24H30N4O2S/c1-2-28-22-9-4-3-8-21(22)26-24(28)31-17-23(30)25-20-7-5-6-19(14-20)15-27-12-10-18(16-29)11-13-27/h3-9,14,18,29H,2,10-13,15-17H2,1H3,(H,25,30). The summed E-state index contributed by atoms with van der Waals surface area (Å²) in [6.07, 6.45) is 2.10. The molecule has 0 unspecified atom stereocenters. The van der Waals surface area contributed by atoms with Crippen molar-refractivity contribution in [1.82, 2.24) is 14.5 Å². The number of piperidine rings is 1. The Bertz CT molecular complexity index is 1030. The smallest absolute Gasteiger partial charge is 0.234 e. The number of benzene rings is 2. The van der Waals surface area contributed by atoms with Crippen LogP contribution in [0.4, 0.5) is 5.69 Å². The number of amides is 1. The van der Waals surface area contributed by atoms with Crippen molar-refractivity contribution in [2.75, 3.05) is 30.8 Å². The van der Waals surface area contributed by atoms with Crippen LogP contribution in [0, 0.1) is 5.92 Å². The summed E-state index contributed by atoms with van der Waals surface area (Å²) in [4.78, 5) is 19.7. The lowest BCUT2D eigenvalue weighted by Crippen LogP contribution is -2.34. The number of carbonyl (C=O) groups excluding carboxylic acids is 1. The Balaban J connectivity index is 1.32. The van der Waals surface area contributed by atoms with Crippen molar-refractivity contribution in [2.45, 2.75) is 38.0 Å². The lowest BCUT2D eigenvalue weighted by molar-refractivity contribution is -0.113. The van der Waals surface area contributed by atoms with Crippen molar-refractivity contribution in [3.63, 3.8) is 0 Å². The Hall–Kier alpha value is -2.35. The molecule has 1 aromatic heterocycles. The van der Waals surface area contributed by atoms with Gasteiger partial charge in [0.2, 0.25) is 5.91 Å². The Morgan fingerprint density at radius 1 is 1.19 bits per heavy atom. The zero-order valence-electron chi connectivity index (χ0n) is 18.0. The molecule has 2 N–H and O–H groups in total. The van der Waals surface area contributed by atoms with E-state index in [-0.39, 0.29) is 5.91 Å². The molecule has 0 spiro atoms. The molecule has 31 heavy (non-hydrogen) atoms. The second kappa shape index (κ2) is 10.3. The predicted molar refractivity (Wildman–Crippen MR) is 126 cm³/mol. The van der Waals surface area contributed by atoms with Gasteiger partial charge in [0.25, 0.3) is 0 Å². The first-order valence-electron chi connectivity index (χ1n) is 11.0. The third kappa shape index (κ3) is 5.47. The number of anilines is 1. The largest absolute Gasteiger partial charge is 0.396 e. The quantitative estimate of drug-likeness (QED) is 0.521. The SMILES string of the molecule is CCn1c(SCC(=O)Nc2cccc(CN3CCC(CO)CC3)c2)nc2ccccc21. The van der Waals surface area contributed by atoms with Crippen LogP contribution < -0.4 is 5.32 Å². The number of fused-ring (bicyclic) bond motifs is 1. The average molecular weight is 439 g/mol. The van der Waals surface area contributed by atoms with E-state index in [2.05, 4.69) is 44.9 Å². The zero-order valence-corrected chi connectivity index (χ0v) is 18.8. The number of carbonyl (C=O) groups is 1. The molecule has 0 atom stereocenters. The molecule has 7 heteroatoms. The predicted octanol–water partition coefficient (Wildman–Crippen LogP) is 3.99. The first-order chi connectivity index (χ1) is 15.2. The monoisotopic (exact) mass is 438 g/mol. The van der Waals surface area contributed by atoms with E-state index in [4.69, 9.17) is 0 Å². The number of nitrogens with one attached hydrogen (secondary N) is 1. The topological polar surface area (TPSA) is 70.4 Å². The number of rotatable bonds is 8. The zero-order chi connectivity index (χ0) is 21.6. The highest BCUT2D eigenvalue weighted by atomic mass is 32.2. The second-order valence-corrected chi connectivity index (χ2v) is 9.01. The van der Waals surface area contributed by atoms with Gasteiger partial charge in [-0.1, -0.05) is 36.0 Å². The first kappa shape index (κ1) is 21.9. The minimum atomic E-state index is -0.0272. The van der Waals surface area contributed by atoms with Crippen LogP contribution in [0.5, 0.6) is 0 Å². The number of thioether (sulfide) groups is 1. The Kier molecular flexibility index (Phi) is 7.27. The van der Waals surface area contributed by atoms with Gasteiger partial charge in [-0.3, -0.25) is 9.69 Å². The molecule has 1 aliphatic rings. The van der Waals surface area contributed by atoms with Crippen LogP contribution in [0.1, 0.15) is 25.3 Å². The molecule has 0 bridgehead atoms. The molecule has 3 aromatic rings. The molecular formula is C24H30N4O2S. The molecule has 4 rings (SSSR count). The highest BCUT2D eigenvalue weighted by Gasteiger charge is 2.18. The molecule has 0 saturated carbocycles. The Labute approximate surface area is 187 Å². The van der Waals surface area contributed by atoms with Gasteiger partial charge in [-0.2, -0.15) is 0 Å². The summed E-state index contributed by atoms with van der Waals surface area (Å²) < 4.78 is 2.15. The molecule has 164 valence electrons. The number of aromatic nitrogens is 2. The molecule has 2 heterocycles. The number of hydrogen-bond donors (Lipinski definition) is 2. The summed E-state index contributed by atoms with van der Waals surface area (Å²) >= 11 is 1.47. The minimum Gasteiger partial charge on any atom is -0.396 e. The molecular weight excluding hydrogens is 408 g/mol. The number of aliphatic hydroxyl groups is 1. The van der Waals surface area contributed by atoms with Crippen LogP contribution in [-0.2, 0) is 17.9 Å². The molecule has 1 saturated heterocycles. The number of para-hydroxylation sites is 2. The van der Waals surface area contributed by atoms with Gasteiger partial charge < -0.3 is 15.0 Å². The van der Waals surface area contributed by atoms with Gasteiger partial charge in [0.15, 0.2) is 5.16 Å². The van der Waals surface area contributed by atoms with E-state index in [1.807, 2.05) is 30.3 Å². The van der Waals surface area contributed by atoms with Gasteiger partial charge in [0.05, 0.1) is 16.8 Å². The van der Waals surface area contributed by atoms with Crippen molar-refractivity contribution in [3.05, 3.63) is 54.1 Å². The van der Waals surface area contributed by atoms with E-state index >= 15 is 0 Å². The lowest BCUT2D eigenvalue weighted by atomic mass is 9.97. The van der Waals surface area contributed by atoms with Crippen LogP contribution in [0.3, 0.4) is 0 Å². The minimum absolute atomic E-state index is 0.0272. The molecule has 0 radical (unpaired) electrons. The maximum Gasteiger partial charge on any atom is 0.234 e. The van der Waals surface area contributed by atoms with Crippen molar-refractivity contribution >= 4 is 34.4 Å². The Morgan fingerprint density at radius 2 is 2.00 bits per heavy atom. The van der Waals surface area contributed by atoms with E-state index in [1.54, 1.807) is 0 Å². The third-order valence-electron chi connectivity index (χ3n) is 5.85. The van der Waals surface area contributed by atoms with Crippen molar-refractivity contribution < 1.29 is 9.90 Å². The van der Waals surface area contributed by atoms with Crippen LogP contribution in [0.25, 0.3) is 11.0 Å². The van der Waals surface area contributed by atoms with E-state index in [0.29, 0.717) is 18.3 Å². The van der Waals surface area contributed by atoms with Gasteiger partial charge in [0, 0.05) is 25.4 Å². The maximum atomic E-state index is 12.6. The molecule has 6 nitrogen and oxygen atoms in total. The molecule has 1 aliphatic heterocycles. The summed E-state index contributed by atoms with van der Waals surface area (Å²) in [6.45, 7) is 6.10. The lowest BCUT2D eigenvalue weighted by Gasteiger charge is -2.31. The van der Waals surface area contributed by atoms with Crippen LogP contribution in [-0.4, -0.2) is 50.9 Å². The summed E-state index contributed by atoms with van der Waals surface area (Å²) in [5.41, 5.74) is 4.09. The van der Waals surface area contributed by atoms with Gasteiger partial charge in [-0.15, -0.1) is 0 Å². The normalized spacial score (nSPS) is 15.4. The van der Waals surface area contributed by atoms with E-state index in [0.717, 1.165) is 60.9 Å². The summed E-state index contributed by atoms with van der Waals surface area (Å²) in [7, 11) is 0. The van der Waals surface area contributed by atoms with Crippen molar-refractivity contribution in [2.24, 2.45) is 5.92 Å². The maximum absolute atomic E-state index is 12.6. The fourth-order valence-corrected chi connectivity index (χ4v) is 5.01. The average Bonchev–Trinajstić information content (AvgIpc) is 3.16. The molecule has 2 aromatic carbocycles.